The molecule has 0 unspecified atom stereocenters. The minimum atomic E-state index is -0.361. The fourth-order valence-electron chi connectivity index (χ4n) is 3.25. The molecule has 2 aromatic carbocycles. The molecule has 0 aliphatic heterocycles. The SMILES string of the molecule is O=C(Nc1ccccc1Cn1cccn1)c1nc(-c2cccs2)n(-c2ccccc2)n1. The van der Waals surface area contributed by atoms with Crippen LogP contribution in [-0.2, 0) is 6.54 Å². The zero-order valence-electron chi connectivity index (χ0n) is 16.4. The summed E-state index contributed by atoms with van der Waals surface area (Å²) in [4.78, 5) is 18.6. The molecule has 7 nitrogen and oxygen atoms in total. The minimum Gasteiger partial charge on any atom is -0.319 e. The number of rotatable bonds is 6. The lowest BCUT2D eigenvalue weighted by Crippen LogP contribution is -2.16. The summed E-state index contributed by atoms with van der Waals surface area (Å²) in [5.41, 5.74) is 2.49. The maximum atomic E-state index is 13.1. The van der Waals surface area contributed by atoms with E-state index in [2.05, 4.69) is 20.5 Å². The van der Waals surface area contributed by atoms with Crippen molar-refractivity contribution >= 4 is 22.9 Å². The molecular formula is C23H18N6OS. The highest BCUT2D eigenvalue weighted by Crippen LogP contribution is 2.26. The van der Waals surface area contributed by atoms with Gasteiger partial charge in [-0.1, -0.05) is 42.5 Å². The monoisotopic (exact) mass is 426 g/mol. The van der Waals surface area contributed by atoms with Crippen LogP contribution in [0.3, 0.4) is 0 Å². The van der Waals surface area contributed by atoms with Crippen LogP contribution in [0.4, 0.5) is 5.69 Å². The Morgan fingerprint density at radius 1 is 0.968 bits per heavy atom. The van der Waals surface area contributed by atoms with Gasteiger partial charge in [-0.05, 0) is 41.3 Å². The van der Waals surface area contributed by atoms with E-state index in [0.717, 1.165) is 16.1 Å². The van der Waals surface area contributed by atoms with Crippen LogP contribution in [0.25, 0.3) is 16.4 Å². The first-order chi connectivity index (χ1) is 15.3. The lowest BCUT2D eigenvalue weighted by Gasteiger charge is -2.10. The van der Waals surface area contributed by atoms with Crippen molar-refractivity contribution in [3.05, 3.63) is 102 Å². The van der Waals surface area contributed by atoms with Crippen LogP contribution in [0.1, 0.15) is 16.2 Å². The highest BCUT2D eigenvalue weighted by Gasteiger charge is 2.20. The van der Waals surface area contributed by atoms with Crippen molar-refractivity contribution in [2.24, 2.45) is 0 Å². The molecule has 8 heteroatoms. The second kappa shape index (κ2) is 8.37. The quantitative estimate of drug-likeness (QED) is 0.434. The van der Waals surface area contributed by atoms with E-state index in [0.29, 0.717) is 18.1 Å². The molecule has 5 rings (SSSR count). The number of nitrogens with one attached hydrogen (secondary N) is 1. The molecule has 0 atom stereocenters. The van der Waals surface area contributed by atoms with Crippen LogP contribution in [0.2, 0.25) is 0 Å². The van der Waals surface area contributed by atoms with E-state index in [1.54, 1.807) is 22.2 Å². The van der Waals surface area contributed by atoms with E-state index in [1.807, 2.05) is 89.1 Å². The van der Waals surface area contributed by atoms with Crippen molar-refractivity contribution in [1.29, 1.82) is 0 Å². The predicted octanol–water partition coefficient (Wildman–Crippen LogP) is 4.49. The number of aromatic nitrogens is 5. The van der Waals surface area contributed by atoms with Crippen LogP contribution < -0.4 is 5.32 Å². The Balaban J connectivity index is 1.47. The highest BCUT2D eigenvalue weighted by molar-refractivity contribution is 7.13. The van der Waals surface area contributed by atoms with Gasteiger partial charge in [0.2, 0.25) is 5.82 Å². The van der Waals surface area contributed by atoms with Crippen molar-refractivity contribution in [2.75, 3.05) is 5.32 Å². The van der Waals surface area contributed by atoms with Gasteiger partial charge in [-0.2, -0.15) is 5.10 Å². The first-order valence-corrected chi connectivity index (χ1v) is 10.6. The molecule has 0 radical (unpaired) electrons. The molecule has 3 aromatic heterocycles. The average Bonchev–Trinajstić information content (AvgIpc) is 3.57. The summed E-state index contributed by atoms with van der Waals surface area (Å²) in [6.45, 7) is 0.551. The van der Waals surface area contributed by atoms with Crippen LogP contribution >= 0.6 is 11.3 Å². The van der Waals surface area contributed by atoms with Crippen LogP contribution in [0.5, 0.6) is 0 Å². The number of hydrogen-bond donors (Lipinski definition) is 1. The van der Waals surface area contributed by atoms with Crippen molar-refractivity contribution < 1.29 is 4.79 Å². The topological polar surface area (TPSA) is 77.6 Å². The van der Waals surface area contributed by atoms with Crippen LogP contribution in [0, 0.1) is 0 Å². The van der Waals surface area contributed by atoms with E-state index in [9.17, 15) is 4.79 Å². The number of hydrogen-bond acceptors (Lipinski definition) is 5. The molecule has 0 bridgehead atoms. The van der Waals surface area contributed by atoms with Gasteiger partial charge in [0.05, 0.1) is 17.1 Å². The molecule has 0 saturated heterocycles. The third-order valence-electron chi connectivity index (χ3n) is 4.71. The maximum absolute atomic E-state index is 13.1. The van der Waals surface area contributed by atoms with Gasteiger partial charge in [0.15, 0.2) is 5.82 Å². The van der Waals surface area contributed by atoms with Gasteiger partial charge in [-0.25, -0.2) is 9.67 Å². The maximum Gasteiger partial charge on any atom is 0.295 e. The summed E-state index contributed by atoms with van der Waals surface area (Å²) in [5, 5.41) is 13.7. The zero-order valence-corrected chi connectivity index (χ0v) is 17.2. The highest BCUT2D eigenvalue weighted by atomic mass is 32.1. The molecule has 31 heavy (non-hydrogen) atoms. The molecule has 0 saturated carbocycles. The fourth-order valence-corrected chi connectivity index (χ4v) is 3.95. The Morgan fingerprint density at radius 3 is 2.58 bits per heavy atom. The largest absolute Gasteiger partial charge is 0.319 e. The number of nitrogens with zero attached hydrogens (tertiary/aromatic N) is 5. The summed E-state index contributed by atoms with van der Waals surface area (Å²) in [7, 11) is 0. The number of benzene rings is 2. The van der Waals surface area contributed by atoms with E-state index < -0.39 is 0 Å². The molecular weight excluding hydrogens is 408 g/mol. The van der Waals surface area contributed by atoms with Crippen molar-refractivity contribution in [2.45, 2.75) is 6.54 Å². The number of anilines is 1. The standard InChI is InChI=1S/C23H18N6OS/c30-23(25-19-11-5-4-8-17(19)16-28-14-7-13-24-28)21-26-22(20-12-6-15-31-20)29(27-21)18-9-2-1-3-10-18/h1-15H,16H2,(H,25,30). The van der Waals surface area contributed by atoms with Gasteiger partial charge in [-0.3, -0.25) is 9.48 Å². The second-order valence-corrected chi connectivity index (χ2v) is 7.75. The van der Waals surface area contributed by atoms with Crippen LogP contribution in [0.15, 0.2) is 90.6 Å². The third-order valence-corrected chi connectivity index (χ3v) is 5.58. The molecule has 0 fully saturated rings. The zero-order chi connectivity index (χ0) is 21.0. The summed E-state index contributed by atoms with van der Waals surface area (Å²) >= 11 is 1.55. The van der Waals surface area contributed by atoms with Crippen molar-refractivity contribution in [3.63, 3.8) is 0 Å². The summed E-state index contributed by atoms with van der Waals surface area (Å²) in [6.07, 6.45) is 3.61. The predicted molar refractivity (Wildman–Crippen MR) is 120 cm³/mol. The lowest BCUT2D eigenvalue weighted by molar-refractivity contribution is 0.101. The first-order valence-electron chi connectivity index (χ1n) is 9.71. The van der Waals surface area contributed by atoms with Crippen molar-refractivity contribution in [3.8, 4) is 16.4 Å². The number of amides is 1. The summed E-state index contributed by atoms with van der Waals surface area (Å²) in [5.74, 6) is 0.387. The smallest absolute Gasteiger partial charge is 0.295 e. The Morgan fingerprint density at radius 2 is 1.81 bits per heavy atom. The van der Waals surface area contributed by atoms with E-state index in [1.165, 1.54) is 0 Å². The normalized spacial score (nSPS) is 10.8. The third kappa shape index (κ3) is 4.01. The molecule has 5 aromatic rings. The lowest BCUT2D eigenvalue weighted by atomic mass is 10.1. The fraction of sp³-hybridized carbons (Fsp3) is 0.0435. The Bertz CT molecular complexity index is 1290. The number of thiophene rings is 1. The number of carbonyl (C=O) groups excluding carboxylic acids is 1. The van der Waals surface area contributed by atoms with Gasteiger partial charge in [0, 0.05) is 18.1 Å². The van der Waals surface area contributed by atoms with Gasteiger partial charge >= 0.3 is 0 Å². The van der Waals surface area contributed by atoms with Gasteiger partial charge in [0.25, 0.3) is 5.91 Å². The van der Waals surface area contributed by atoms with Crippen LogP contribution in [-0.4, -0.2) is 30.5 Å². The Hall–Kier alpha value is -4.04. The Kier molecular flexibility index (Phi) is 5.12. The van der Waals surface area contributed by atoms with E-state index in [4.69, 9.17) is 0 Å². The average molecular weight is 427 g/mol. The van der Waals surface area contributed by atoms with Gasteiger partial charge in [-0.15, -0.1) is 16.4 Å². The summed E-state index contributed by atoms with van der Waals surface area (Å²) in [6, 6.07) is 23.1. The second-order valence-electron chi connectivity index (χ2n) is 6.80. The molecule has 1 N–H and O–H groups in total. The molecule has 1 amide bonds. The molecule has 0 aliphatic rings. The Labute approximate surface area is 182 Å². The summed E-state index contributed by atoms with van der Waals surface area (Å²) < 4.78 is 3.51. The number of para-hydroxylation sites is 2. The van der Waals surface area contributed by atoms with E-state index >= 15 is 0 Å². The van der Waals surface area contributed by atoms with Gasteiger partial charge in [0.1, 0.15) is 0 Å². The molecule has 3 heterocycles. The first kappa shape index (κ1) is 19.0. The molecule has 152 valence electrons. The van der Waals surface area contributed by atoms with Crippen molar-refractivity contribution in [1.82, 2.24) is 24.5 Å². The minimum absolute atomic E-state index is 0.112. The number of carbonyl (C=O) groups is 1. The molecule has 0 aliphatic carbocycles. The van der Waals surface area contributed by atoms with Gasteiger partial charge < -0.3 is 5.32 Å². The molecule has 0 spiro atoms. The van der Waals surface area contributed by atoms with E-state index in [-0.39, 0.29) is 11.7 Å².